The summed E-state index contributed by atoms with van der Waals surface area (Å²) in [6.45, 7) is 8.33. The topological polar surface area (TPSA) is 63.8 Å². The van der Waals surface area contributed by atoms with E-state index in [1.54, 1.807) is 0 Å². The maximum absolute atomic E-state index is 5.05. The van der Waals surface area contributed by atoms with E-state index in [-0.39, 0.29) is 0 Å². The van der Waals surface area contributed by atoms with Gasteiger partial charge >= 0.3 is 0 Å². The second-order valence-corrected chi connectivity index (χ2v) is 9.21. The smallest absolute Gasteiger partial charge is 0.159 e. The molecule has 5 heterocycles. The van der Waals surface area contributed by atoms with Crippen molar-refractivity contribution < 1.29 is 0 Å². The van der Waals surface area contributed by atoms with Crippen LogP contribution in [0.25, 0.3) is 21.9 Å². The monoisotopic (exact) mass is 415 g/mol. The Morgan fingerprint density at radius 2 is 1.94 bits per heavy atom. The number of hydrogen-bond acceptors (Lipinski definition) is 5. The molecular formula is C24H29N7. The Morgan fingerprint density at radius 1 is 1.10 bits per heavy atom. The molecule has 3 aromatic heterocycles. The Bertz CT molecular complexity index is 1280. The predicted octanol–water partition coefficient (Wildman–Crippen LogP) is 3.67. The predicted molar refractivity (Wildman–Crippen MR) is 124 cm³/mol. The lowest BCUT2D eigenvalue weighted by atomic mass is 9.89. The van der Waals surface area contributed by atoms with E-state index in [2.05, 4.69) is 58.1 Å². The lowest BCUT2D eigenvalue weighted by Crippen LogP contribution is -2.36. The number of nitrogens with one attached hydrogen (secondary N) is 1. The molecule has 7 heteroatoms. The lowest BCUT2D eigenvalue weighted by molar-refractivity contribution is 0.430. The van der Waals surface area contributed by atoms with Crippen LogP contribution in [0.15, 0.2) is 30.5 Å². The molecule has 0 saturated carbocycles. The molecule has 0 unspecified atom stereocenters. The van der Waals surface area contributed by atoms with Crippen LogP contribution in [0.2, 0.25) is 0 Å². The fourth-order valence-corrected chi connectivity index (χ4v) is 5.41. The van der Waals surface area contributed by atoms with Gasteiger partial charge in [-0.3, -0.25) is 9.36 Å². The van der Waals surface area contributed by atoms with Crippen molar-refractivity contribution in [3.8, 4) is 0 Å². The van der Waals surface area contributed by atoms with Crippen molar-refractivity contribution in [2.45, 2.75) is 45.2 Å². The van der Waals surface area contributed by atoms with Gasteiger partial charge in [-0.05, 0) is 63.4 Å². The highest BCUT2D eigenvalue weighted by Crippen LogP contribution is 2.35. The SMILES string of the molecule is Cc1cc(N2Cc3c4ccc(C5CCNCC5)cc4nn3[C@@H](C)C2)c2cnn(C)c2n1. The summed E-state index contributed by atoms with van der Waals surface area (Å²) >= 11 is 0. The summed E-state index contributed by atoms with van der Waals surface area (Å²) < 4.78 is 4.11. The average Bonchev–Trinajstić information content (AvgIpc) is 3.34. The third kappa shape index (κ3) is 3.02. The summed E-state index contributed by atoms with van der Waals surface area (Å²) in [5, 5.41) is 15.4. The lowest BCUT2D eigenvalue weighted by Gasteiger charge is -2.34. The number of anilines is 1. The molecule has 2 aliphatic heterocycles. The highest BCUT2D eigenvalue weighted by molar-refractivity contribution is 5.90. The largest absolute Gasteiger partial charge is 0.363 e. The minimum absolute atomic E-state index is 0.304. The van der Waals surface area contributed by atoms with Gasteiger partial charge in [0, 0.05) is 24.7 Å². The van der Waals surface area contributed by atoms with Gasteiger partial charge in [0.25, 0.3) is 0 Å². The molecule has 0 amide bonds. The van der Waals surface area contributed by atoms with Gasteiger partial charge in [0.15, 0.2) is 5.65 Å². The van der Waals surface area contributed by atoms with E-state index in [1.165, 1.54) is 35.2 Å². The summed E-state index contributed by atoms with van der Waals surface area (Å²) in [4.78, 5) is 7.17. The average molecular weight is 416 g/mol. The Labute approximate surface area is 182 Å². The van der Waals surface area contributed by atoms with Gasteiger partial charge in [-0.25, -0.2) is 4.98 Å². The molecular weight excluding hydrogens is 386 g/mol. The number of nitrogens with zero attached hydrogens (tertiary/aromatic N) is 6. The van der Waals surface area contributed by atoms with E-state index in [9.17, 15) is 0 Å². The number of pyridine rings is 1. The highest BCUT2D eigenvalue weighted by atomic mass is 15.4. The van der Waals surface area contributed by atoms with Crippen LogP contribution < -0.4 is 10.2 Å². The van der Waals surface area contributed by atoms with E-state index < -0.39 is 0 Å². The number of rotatable bonds is 2. The van der Waals surface area contributed by atoms with Gasteiger partial charge in [0.2, 0.25) is 0 Å². The molecule has 0 aliphatic carbocycles. The van der Waals surface area contributed by atoms with Crippen LogP contribution in [0.4, 0.5) is 5.69 Å². The molecule has 160 valence electrons. The summed E-state index contributed by atoms with van der Waals surface area (Å²) in [7, 11) is 1.96. The van der Waals surface area contributed by atoms with Crippen molar-refractivity contribution >= 4 is 27.6 Å². The number of fused-ring (bicyclic) bond motifs is 4. The van der Waals surface area contributed by atoms with Crippen molar-refractivity contribution in [2.24, 2.45) is 7.05 Å². The van der Waals surface area contributed by atoms with Crippen LogP contribution in [0.5, 0.6) is 0 Å². The number of aryl methyl sites for hydroxylation is 2. The van der Waals surface area contributed by atoms with Crippen LogP contribution >= 0.6 is 0 Å². The molecule has 31 heavy (non-hydrogen) atoms. The number of hydrogen-bond donors (Lipinski definition) is 1. The first kappa shape index (κ1) is 18.8. The highest BCUT2D eigenvalue weighted by Gasteiger charge is 2.28. The fourth-order valence-electron chi connectivity index (χ4n) is 5.41. The zero-order valence-corrected chi connectivity index (χ0v) is 18.5. The number of benzene rings is 1. The molecule has 4 aromatic rings. The molecule has 6 rings (SSSR count). The second kappa shape index (κ2) is 7.05. The second-order valence-electron chi connectivity index (χ2n) is 9.21. The van der Waals surface area contributed by atoms with Gasteiger partial charge in [-0.1, -0.05) is 12.1 Å². The fraction of sp³-hybridized carbons (Fsp3) is 0.458. The van der Waals surface area contributed by atoms with Crippen LogP contribution in [-0.2, 0) is 13.6 Å². The molecule has 1 aromatic carbocycles. The molecule has 1 saturated heterocycles. The minimum atomic E-state index is 0.304. The summed E-state index contributed by atoms with van der Waals surface area (Å²) in [5.41, 5.74) is 7.06. The van der Waals surface area contributed by atoms with Gasteiger partial charge in [-0.15, -0.1) is 0 Å². The zero-order chi connectivity index (χ0) is 21.1. The van der Waals surface area contributed by atoms with E-state index in [1.807, 2.05) is 17.9 Å². The molecule has 1 atom stereocenters. The van der Waals surface area contributed by atoms with E-state index in [4.69, 9.17) is 10.1 Å². The van der Waals surface area contributed by atoms with Gasteiger partial charge in [0.05, 0.1) is 41.1 Å². The Balaban J connectivity index is 1.41. The first-order valence-electron chi connectivity index (χ1n) is 11.3. The molecule has 7 nitrogen and oxygen atoms in total. The third-order valence-electron chi connectivity index (χ3n) is 7.03. The Hall–Kier alpha value is -2.93. The normalized spacial score (nSPS) is 20.0. The van der Waals surface area contributed by atoms with E-state index in [0.29, 0.717) is 12.0 Å². The van der Waals surface area contributed by atoms with Crippen molar-refractivity contribution in [1.82, 2.24) is 29.9 Å². The number of piperidine rings is 1. The molecule has 2 aliphatic rings. The van der Waals surface area contributed by atoms with Gasteiger partial charge in [0.1, 0.15) is 0 Å². The summed E-state index contributed by atoms with van der Waals surface area (Å²) in [6.07, 6.45) is 4.37. The molecule has 1 fully saturated rings. The van der Waals surface area contributed by atoms with Crippen LogP contribution in [0.3, 0.4) is 0 Å². The first-order chi connectivity index (χ1) is 15.1. The van der Waals surface area contributed by atoms with Gasteiger partial charge < -0.3 is 10.2 Å². The van der Waals surface area contributed by atoms with E-state index in [0.717, 1.165) is 48.4 Å². The number of aromatic nitrogens is 5. The Morgan fingerprint density at radius 3 is 2.77 bits per heavy atom. The van der Waals surface area contributed by atoms with Crippen molar-refractivity contribution in [2.75, 3.05) is 24.5 Å². The third-order valence-corrected chi connectivity index (χ3v) is 7.03. The summed E-state index contributed by atoms with van der Waals surface area (Å²) in [6, 6.07) is 9.47. The van der Waals surface area contributed by atoms with Crippen molar-refractivity contribution in [3.05, 3.63) is 47.4 Å². The van der Waals surface area contributed by atoms with Crippen LogP contribution in [0.1, 0.15) is 48.7 Å². The first-order valence-corrected chi connectivity index (χ1v) is 11.3. The molecule has 0 bridgehead atoms. The van der Waals surface area contributed by atoms with Crippen molar-refractivity contribution in [3.63, 3.8) is 0 Å². The van der Waals surface area contributed by atoms with E-state index >= 15 is 0 Å². The van der Waals surface area contributed by atoms with Crippen LogP contribution in [0, 0.1) is 6.92 Å². The zero-order valence-electron chi connectivity index (χ0n) is 18.5. The molecule has 0 radical (unpaired) electrons. The Kier molecular flexibility index (Phi) is 4.28. The summed E-state index contributed by atoms with van der Waals surface area (Å²) in [5.74, 6) is 0.650. The molecule has 1 N–H and O–H groups in total. The van der Waals surface area contributed by atoms with Crippen LogP contribution in [-0.4, -0.2) is 44.2 Å². The molecule has 0 spiro atoms. The van der Waals surface area contributed by atoms with Crippen molar-refractivity contribution in [1.29, 1.82) is 0 Å². The maximum Gasteiger partial charge on any atom is 0.159 e. The maximum atomic E-state index is 5.05. The van der Waals surface area contributed by atoms with Gasteiger partial charge in [-0.2, -0.15) is 10.2 Å². The quantitative estimate of drug-likeness (QED) is 0.541. The minimum Gasteiger partial charge on any atom is -0.363 e. The standard InChI is InChI=1S/C24H29N7/c1-15-10-22(20-12-26-29(3)24(20)27-15)30-13-16(2)31-23(14-30)19-5-4-18(11-21(19)28-31)17-6-8-25-9-7-17/h4-5,10-12,16-17,25H,6-9,13-14H2,1-3H3/t16-/m0/s1.